The van der Waals surface area contributed by atoms with E-state index in [-0.39, 0.29) is 19.1 Å². The maximum absolute atomic E-state index is 10.1. The molecule has 0 saturated heterocycles. The molecule has 0 saturated carbocycles. The lowest BCUT2D eigenvalue weighted by atomic mass is 10.7. The number of nitrogens with zero attached hydrogens (tertiary/aromatic N) is 1. The van der Waals surface area contributed by atoms with Crippen molar-refractivity contribution in [3.8, 4) is 0 Å². The van der Waals surface area contributed by atoms with E-state index in [4.69, 9.17) is 10.2 Å². The highest BCUT2D eigenvalue weighted by Gasteiger charge is 1.87. The van der Waals surface area contributed by atoms with Crippen molar-refractivity contribution in [1.82, 2.24) is 4.90 Å². The number of rotatable bonds is 1. The molecule has 62 valence electrons. The minimum Gasteiger partial charge on any atom is -0.394 e. The van der Waals surface area contributed by atoms with Crippen LogP contribution in [0.15, 0.2) is 0 Å². The first kappa shape index (κ1) is 12.1. The third-order valence-electron chi connectivity index (χ3n) is 0.730. The summed E-state index contributed by atoms with van der Waals surface area (Å²) >= 11 is 0. The minimum atomic E-state index is -0.125. The molecule has 0 heterocycles. The molecule has 0 unspecified atom stereocenters. The Bertz CT molecular complexity index is 81.1. The summed E-state index contributed by atoms with van der Waals surface area (Å²) in [7, 11) is 3.45. The molecule has 0 aromatic rings. The van der Waals surface area contributed by atoms with E-state index in [1.54, 1.807) is 14.1 Å². The first-order chi connectivity index (χ1) is 4.56. The number of hydrogen-bond donors (Lipinski definition) is 2. The summed E-state index contributed by atoms with van der Waals surface area (Å²) in [6, 6.07) is 0. The molecule has 0 aliphatic rings. The fraction of sp³-hybridized carbons (Fsp3) is 0.833. The minimum absolute atomic E-state index is 0.0926. The van der Waals surface area contributed by atoms with E-state index in [0.29, 0.717) is 0 Å². The van der Waals surface area contributed by atoms with E-state index >= 15 is 0 Å². The smallest absolute Gasteiger partial charge is 0.218 e. The first-order valence-corrected chi connectivity index (χ1v) is 2.95. The molecule has 0 rings (SSSR count). The molecular formula is C6H15NO3. The average molecular weight is 149 g/mol. The van der Waals surface area contributed by atoms with E-state index < -0.39 is 0 Å². The maximum Gasteiger partial charge on any atom is 0.218 e. The lowest BCUT2D eigenvalue weighted by Crippen LogP contribution is -2.17. The van der Waals surface area contributed by atoms with Crippen LogP contribution in [0.3, 0.4) is 0 Å². The summed E-state index contributed by atoms with van der Waals surface area (Å²) < 4.78 is 0. The Morgan fingerprint density at radius 1 is 1.30 bits per heavy atom. The van der Waals surface area contributed by atoms with E-state index in [0.717, 1.165) is 0 Å². The average Bonchev–Trinajstić information content (AvgIpc) is 1.89. The monoisotopic (exact) mass is 149 g/mol. The lowest BCUT2D eigenvalue weighted by molar-refractivity contribution is -0.126. The van der Waals surface area contributed by atoms with E-state index in [9.17, 15) is 4.79 Å². The third-order valence-corrected chi connectivity index (χ3v) is 0.730. The molecule has 0 aliphatic carbocycles. The van der Waals surface area contributed by atoms with Crippen LogP contribution < -0.4 is 0 Å². The normalized spacial score (nSPS) is 7.70. The SMILES string of the molecule is CC(=O)N(C)C.OCCO. The van der Waals surface area contributed by atoms with Gasteiger partial charge in [-0.2, -0.15) is 0 Å². The summed E-state index contributed by atoms with van der Waals surface area (Å²) in [4.78, 5) is 11.6. The molecule has 4 heteroatoms. The van der Waals surface area contributed by atoms with Crippen LogP contribution in [0.2, 0.25) is 0 Å². The second kappa shape index (κ2) is 8.39. The predicted octanol–water partition coefficient (Wildman–Crippen LogP) is -0.935. The fourth-order valence-corrected chi connectivity index (χ4v) is 0. The van der Waals surface area contributed by atoms with Crippen molar-refractivity contribution < 1.29 is 15.0 Å². The molecule has 0 aromatic heterocycles. The van der Waals surface area contributed by atoms with Crippen LogP contribution in [0, 0.1) is 0 Å². The van der Waals surface area contributed by atoms with Crippen molar-refractivity contribution in [2.75, 3.05) is 27.3 Å². The highest BCUT2D eigenvalue weighted by molar-refractivity contribution is 5.72. The zero-order valence-electron chi connectivity index (χ0n) is 6.66. The van der Waals surface area contributed by atoms with Gasteiger partial charge in [-0.3, -0.25) is 4.79 Å². The number of carbonyl (C=O) groups excluding carboxylic acids is 1. The predicted molar refractivity (Wildman–Crippen MR) is 38.5 cm³/mol. The van der Waals surface area contributed by atoms with Crippen LogP contribution >= 0.6 is 0 Å². The van der Waals surface area contributed by atoms with E-state index in [1.165, 1.54) is 11.8 Å². The van der Waals surface area contributed by atoms with Gasteiger partial charge < -0.3 is 15.1 Å². The Morgan fingerprint density at radius 3 is 1.50 bits per heavy atom. The number of aliphatic hydroxyl groups excluding tert-OH is 2. The second-order valence-corrected chi connectivity index (χ2v) is 1.86. The number of carbonyl (C=O) groups is 1. The van der Waals surface area contributed by atoms with Crippen LogP contribution in [-0.4, -0.2) is 48.3 Å². The summed E-state index contributed by atoms with van der Waals surface area (Å²) in [6.07, 6.45) is 0. The van der Waals surface area contributed by atoms with Crippen LogP contribution in [0.5, 0.6) is 0 Å². The van der Waals surface area contributed by atoms with Crippen LogP contribution in [0.1, 0.15) is 6.92 Å². The Labute approximate surface area is 61.1 Å². The molecule has 0 bridgehead atoms. The van der Waals surface area contributed by atoms with E-state index in [2.05, 4.69) is 0 Å². The molecule has 1 amide bonds. The number of aliphatic hydroxyl groups is 2. The first-order valence-electron chi connectivity index (χ1n) is 2.95. The summed E-state index contributed by atoms with van der Waals surface area (Å²) in [6.45, 7) is 1.28. The quantitative estimate of drug-likeness (QED) is 0.506. The Kier molecular flexibility index (Phi) is 10.2. The van der Waals surface area contributed by atoms with Gasteiger partial charge in [0.25, 0.3) is 0 Å². The van der Waals surface area contributed by atoms with Crippen molar-refractivity contribution in [2.45, 2.75) is 6.92 Å². The third kappa shape index (κ3) is 15.7. The van der Waals surface area contributed by atoms with Gasteiger partial charge in [-0.25, -0.2) is 0 Å². The van der Waals surface area contributed by atoms with Gasteiger partial charge >= 0.3 is 0 Å². The van der Waals surface area contributed by atoms with Crippen molar-refractivity contribution >= 4 is 5.91 Å². The molecule has 0 fully saturated rings. The molecule has 0 atom stereocenters. The van der Waals surface area contributed by atoms with Gasteiger partial charge in [-0.05, 0) is 0 Å². The van der Waals surface area contributed by atoms with Crippen molar-refractivity contribution in [1.29, 1.82) is 0 Å². The van der Waals surface area contributed by atoms with Gasteiger partial charge in [0, 0.05) is 21.0 Å². The molecule has 0 radical (unpaired) electrons. The van der Waals surface area contributed by atoms with Crippen LogP contribution in [0.25, 0.3) is 0 Å². The Balaban J connectivity index is 0. The van der Waals surface area contributed by atoms with Crippen molar-refractivity contribution in [2.24, 2.45) is 0 Å². The number of hydrogen-bond acceptors (Lipinski definition) is 3. The van der Waals surface area contributed by atoms with Crippen molar-refractivity contribution in [3.63, 3.8) is 0 Å². The van der Waals surface area contributed by atoms with Gasteiger partial charge in [0.2, 0.25) is 5.91 Å². The molecule has 4 nitrogen and oxygen atoms in total. The summed E-state index contributed by atoms with van der Waals surface area (Å²) in [5, 5.41) is 15.2. The Hall–Kier alpha value is -0.610. The molecule has 2 N–H and O–H groups in total. The van der Waals surface area contributed by atoms with Crippen molar-refractivity contribution in [3.05, 3.63) is 0 Å². The molecule has 0 aromatic carbocycles. The van der Waals surface area contributed by atoms with Gasteiger partial charge in [-0.15, -0.1) is 0 Å². The Morgan fingerprint density at radius 2 is 1.50 bits per heavy atom. The fourth-order valence-electron chi connectivity index (χ4n) is 0. The zero-order valence-corrected chi connectivity index (χ0v) is 6.66. The second-order valence-electron chi connectivity index (χ2n) is 1.86. The zero-order chi connectivity index (χ0) is 8.57. The van der Waals surface area contributed by atoms with E-state index in [1.807, 2.05) is 0 Å². The standard InChI is InChI=1S/C4H9NO.C2H6O2/c1-4(6)5(2)3;3-1-2-4/h1-3H3;3-4H,1-2H2. The summed E-state index contributed by atoms with van der Waals surface area (Å²) in [5.74, 6) is 0.0926. The summed E-state index contributed by atoms with van der Waals surface area (Å²) in [5.41, 5.74) is 0. The van der Waals surface area contributed by atoms with Gasteiger partial charge in [-0.1, -0.05) is 0 Å². The van der Waals surface area contributed by atoms with Gasteiger partial charge in [0.1, 0.15) is 0 Å². The lowest BCUT2D eigenvalue weighted by Gasteiger charge is -2.02. The number of amides is 1. The molecule has 0 aliphatic heterocycles. The highest BCUT2D eigenvalue weighted by atomic mass is 16.3. The highest BCUT2D eigenvalue weighted by Crippen LogP contribution is 1.69. The largest absolute Gasteiger partial charge is 0.394 e. The topological polar surface area (TPSA) is 60.8 Å². The molecular weight excluding hydrogens is 134 g/mol. The molecule has 0 spiro atoms. The van der Waals surface area contributed by atoms with Gasteiger partial charge in [0.15, 0.2) is 0 Å². The van der Waals surface area contributed by atoms with Crippen LogP contribution in [0.4, 0.5) is 0 Å². The molecule has 10 heavy (non-hydrogen) atoms. The van der Waals surface area contributed by atoms with Crippen LogP contribution in [-0.2, 0) is 4.79 Å². The maximum atomic E-state index is 10.1. The van der Waals surface area contributed by atoms with Gasteiger partial charge in [0.05, 0.1) is 13.2 Å².